The van der Waals surface area contributed by atoms with Crippen molar-refractivity contribution in [2.45, 2.75) is 52.5 Å². The molecular formula is C14H25ClN4O2. The molecule has 7 heteroatoms. The number of halogens is 1. The Balaban J connectivity index is 0.00000220. The monoisotopic (exact) mass is 316 g/mol. The SMILES string of the molecule is Cc1noc(C2CCN(C(=O)[C@@H](N)C(C)(C)C)CC2)n1.Cl. The Kier molecular flexibility index (Phi) is 5.75. The quantitative estimate of drug-likeness (QED) is 0.900. The fourth-order valence-electron chi connectivity index (χ4n) is 2.39. The van der Waals surface area contributed by atoms with Crippen LogP contribution in [0.25, 0.3) is 0 Å². The highest BCUT2D eigenvalue weighted by Crippen LogP contribution is 2.28. The molecule has 2 N–H and O–H groups in total. The normalized spacial score (nSPS) is 18.2. The molecule has 1 amide bonds. The summed E-state index contributed by atoms with van der Waals surface area (Å²) in [5.41, 5.74) is 5.83. The van der Waals surface area contributed by atoms with Crippen LogP contribution >= 0.6 is 12.4 Å². The number of carbonyl (C=O) groups is 1. The van der Waals surface area contributed by atoms with Crippen molar-refractivity contribution in [1.82, 2.24) is 15.0 Å². The third kappa shape index (κ3) is 4.17. The maximum atomic E-state index is 12.3. The highest BCUT2D eigenvalue weighted by molar-refractivity contribution is 5.85. The summed E-state index contributed by atoms with van der Waals surface area (Å²) < 4.78 is 5.21. The maximum Gasteiger partial charge on any atom is 0.240 e. The first-order chi connectivity index (χ1) is 9.29. The van der Waals surface area contributed by atoms with Crippen LogP contribution in [0.4, 0.5) is 0 Å². The molecule has 2 rings (SSSR count). The van der Waals surface area contributed by atoms with E-state index in [4.69, 9.17) is 10.3 Å². The van der Waals surface area contributed by atoms with Gasteiger partial charge in [0.05, 0.1) is 6.04 Å². The third-order valence-electron chi connectivity index (χ3n) is 3.90. The molecule has 1 atom stereocenters. The molecule has 0 saturated carbocycles. The highest BCUT2D eigenvalue weighted by atomic mass is 35.5. The number of piperidine rings is 1. The molecule has 1 fully saturated rings. The fourth-order valence-corrected chi connectivity index (χ4v) is 2.39. The van der Waals surface area contributed by atoms with Gasteiger partial charge >= 0.3 is 0 Å². The van der Waals surface area contributed by atoms with E-state index in [1.807, 2.05) is 32.6 Å². The highest BCUT2D eigenvalue weighted by Gasteiger charge is 2.34. The minimum Gasteiger partial charge on any atom is -0.341 e. The Morgan fingerprint density at radius 2 is 1.95 bits per heavy atom. The van der Waals surface area contributed by atoms with Gasteiger partial charge in [0.25, 0.3) is 0 Å². The van der Waals surface area contributed by atoms with Crippen LogP contribution in [0.5, 0.6) is 0 Å². The van der Waals surface area contributed by atoms with E-state index in [0.29, 0.717) is 24.8 Å². The van der Waals surface area contributed by atoms with Gasteiger partial charge in [-0.05, 0) is 25.2 Å². The van der Waals surface area contributed by atoms with Crippen molar-refractivity contribution in [3.8, 4) is 0 Å². The largest absolute Gasteiger partial charge is 0.341 e. The molecule has 1 aliphatic heterocycles. The molecule has 0 aliphatic carbocycles. The lowest BCUT2D eigenvalue weighted by Gasteiger charge is -2.35. The lowest BCUT2D eigenvalue weighted by molar-refractivity contribution is -0.136. The lowest BCUT2D eigenvalue weighted by Crippen LogP contribution is -2.52. The lowest BCUT2D eigenvalue weighted by atomic mass is 9.86. The summed E-state index contributed by atoms with van der Waals surface area (Å²) >= 11 is 0. The molecule has 6 nitrogen and oxygen atoms in total. The van der Waals surface area contributed by atoms with Crippen molar-refractivity contribution < 1.29 is 9.32 Å². The minimum atomic E-state index is -0.454. The topological polar surface area (TPSA) is 85.2 Å². The second kappa shape index (κ2) is 6.75. The van der Waals surface area contributed by atoms with Gasteiger partial charge in [0.15, 0.2) is 5.82 Å². The molecule has 120 valence electrons. The van der Waals surface area contributed by atoms with E-state index in [-0.39, 0.29) is 29.6 Å². The molecule has 1 saturated heterocycles. The Morgan fingerprint density at radius 1 is 1.38 bits per heavy atom. The van der Waals surface area contributed by atoms with Crippen LogP contribution in [0, 0.1) is 12.3 Å². The van der Waals surface area contributed by atoms with Gasteiger partial charge in [0.1, 0.15) is 0 Å². The van der Waals surface area contributed by atoms with Crippen molar-refractivity contribution in [3.63, 3.8) is 0 Å². The van der Waals surface area contributed by atoms with Crippen LogP contribution in [-0.2, 0) is 4.79 Å². The standard InChI is InChI=1S/C14H24N4O2.ClH/c1-9-16-12(20-17-9)10-5-7-18(8-6-10)13(19)11(15)14(2,3)4;/h10-11H,5-8,15H2,1-4H3;1H/t11-;/m1./s1. The smallest absolute Gasteiger partial charge is 0.240 e. The van der Waals surface area contributed by atoms with Gasteiger partial charge in [0, 0.05) is 19.0 Å². The molecule has 0 aromatic carbocycles. The molecule has 1 aromatic rings. The number of amides is 1. The van der Waals surface area contributed by atoms with Gasteiger partial charge in [-0.15, -0.1) is 12.4 Å². The van der Waals surface area contributed by atoms with E-state index >= 15 is 0 Å². The van der Waals surface area contributed by atoms with Gasteiger partial charge in [-0.1, -0.05) is 25.9 Å². The van der Waals surface area contributed by atoms with E-state index < -0.39 is 6.04 Å². The first-order valence-electron chi connectivity index (χ1n) is 7.13. The van der Waals surface area contributed by atoms with Crippen molar-refractivity contribution in [3.05, 3.63) is 11.7 Å². The zero-order chi connectivity index (χ0) is 14.9. The minimum absolute atomic E-state index is 0. The number of nitrogens with two attached hydrogens (primary N) is 1. The van der Waals surface area contributed by atoms with Crippen molar-refractivity contribution in [1.29, 1.82) is 0 Å². The van der Waals surface area contributed by atoms with Crippen molar-refractivity contribution >= 4 is 18.3 Å². The molecule has 0 unspecified atom stereocenters. The Bertz CT molecular complexity index is 476. The van der Waals surface area contributed by atoms with Gasteiger partial charge in [-0.3, -0.25) is 4.79 Å². The van der Waals surface area contributed by atoms with Crippen molar-refractivity contribution in [2.75, 3.05) is 13.1 Å². The molecule has 1 aromatic heterocycles. The summed E-state index contributed by atoms with van der Waals surface area (Å²) in [6, 6.07) is -0.454. The molecule has 0 radical (unpaired) electrons. The Hall–Kier alpha value is -1.14. The first kappa shape index (κ1) is 17.9. The van der Waals surface area contributed by atoms with Gasteiger partial charge in [-0.25, -0.2) is 0 Å². The Morgan fingerprint density at radius 3 is 2.38 bits per heavy atom. The van der Waals surface area contributed by atoms with Crippen LogP contribution in [0.3, 0.4) is 0 Å². The molecule has 2 heterocycles. The summed E-state index contributed by atoms with van der Waals surface area (Å²) in [6.07, 6.45) is 1.70. The first-order valence-corrected chi connectivity index (χ1v) is 7.13. The van der Waals surface area contributed by atoms with E-state index in [0.717, 1.165) is 12.8 Å². The fraction of sp³-hybridized carbons (Fsp3) is 0.786. The zero-order valence-corrected chi connectivity index (χ0v) is 13.9. The summed E-state index contributed by atoms with van der Waals surface area (Å²) in [5.74, 6) is 1.65. The van der Waals surface area contributed by atoms with Crippen LogP contribution in [0.15, 0.2) is 4.52 Å². The van der Waals surface area contributed by atoms with Crippen LogP contribution in [0.2, 0.25) is 0 Å². The van der Waals surface area contributed by atoms with E-state index in [9.17, 15) is 4.79 Å². The van der Waals surface area contributed by atoms with Crippen LogP contribution in [0.1, 0.15) is 51.2 Å². The molecule has 1 aliphatic rings. The summed E-state index contributed by atoms with van der Waals surface area (Å²) in [5, 5.41) is 3.82. The van der Waals surface area contributed by atoms with Gasteiger partial charge < -0.3 is 15.2 Å². The third-order valence-corrected chi connectivity index (χ3v) is 3.90. The number of carbonyl (C=O) groups excluding carboxylic acids is 1. The number of aromatic nitrogens is 2. The average molecular weight is 317 g/mol. The van der Waals surface area contributed by atoms with Crippen LogP contribution < -0.4 is 5.73 Å². The second-order valence-electron chi connectivity index (χ2n) is 6.62. The number of hydrogen-bond donors (Lipinski definition) is 1. The number of hydrogen-bond acceptors (Lipinski definition) is 5. The van der Waals surface area contributed by atoms with Gasteiger partial charge in [0.2, 0.25) is 11.8 Å². The zero-order valence-electron chi connectivity index (χ0n) is 13.1. The summed E-state index contributed by atoms with van der Waals surface area (Å²) in [7, 11) is 0. The van der Waals surface area contributed by atoms with E-state index in [1.54, 1.807) is 0 Å². The predicted octanol–water partition coefficient (Wildman–Crippen LogP) is 1.88. The molecule has 0 spiro atoms. The number of rotatable bonds is 2. The average Bonchev–Trinajstić information content (AvgIpc) is 2.83. The van der Waals surface area contributed by atoms with Crippen molar-refractivity contribution in [2.24, 2.45) is 11.1 Å². The van der Waals surface area contributed by atoms with Gasteiger partial charge in [-0.2, -0.15) is 4.98 Å². The second-order valence-corrected chi connectivity index (χ2v) is 6.62. The number of likely N-dealkylation sites (tertiary alicyclic amines) is 1. The number of aryl methyl sites for hydroxylation is 1. The van der Waals surface area contributed by atoms with E-state index in [1.165, 1.54) is 0 Å². The molecule has 0 bridgehead atoms. The summed E-state index contributed by atoms with van der Waals surface area (Å²) in [6.45, 7) is 9.19. The molecule has 21 heavy (non-hydrogen) atoms. The Labute approximate surface area is 131 Å². The number of nitrogens with zero attached hydrogens (tertiary/aromatic N) is 3. The van der Waals surface area contributed by atoms with Crippen LogP contribution in [-0.4, -0.2) is 40.1 Å². The maximum absolute atomic E-state index is 12.3. The van der Waals surface area contributed by atoms with E-state index in [2.05, 4.69) is 10.1 Å². The predicted molar refractivity (Wildman–Crippen MR) is 82.3 cm³/mol. The summed E-state index contributed by atoms with van der Waals surface area (Å²) in [4.78, 5) is 18.5. The molecular weight excluding hydrogens is 292 g/mol.